The third kappa shape index (κ3) is 2.62. The molecule has 0 unspecified atom stereocenters. The number of allylic oxidation sites excluding steroid dienone is 1. The lowest BCUT2D eigenvalue weighted by atomic mass is 10.1. The number of carbonyl (C=O) groups excluding carboxylic acids is 1. The number of carbonyl (C=O) groups is 1. The summed E-state index contributed by atoms with van der Waals surface area (Å²) in [6.07, 6.45) is 2.23. The van der Waals surface area contributed by atoms with Gasteiger partial charge >= 0.3 is 5.97 Å². The van der Waals surface area contributed by atoms with E-state index < -0.39 is 0 Å². The van der Waals surface area contributed by atoms with Crippen molar-refractivity contribution in [1.82, 2.24) is 0 Å². The van der Waals surface area contributed by atoms with Crippen LogP contribution in [0.15, 0.2) is 30.9 Å². The number of rotatable bonds is 3. The highest BCUT2D eigenvalue weighted by Gasteiger charge is 2.05. The number of hydrogen-bond donors (Lipinski definition) is 1. The molecule has 0 saturated carbocycles. The van der Waals surface area contributed by atoms with Gasteiger partial charge in [-0.05, 0) is 24.6 Å². The predicted octanol–water partition coefficient (Wildman–Crippen LogP) is 2.05. The van der Waals surface area contributed by atoms with E-state index in [0.717, 1.165) is 5.56 Å². The summed E-state index contributed by atoms with van der Waals surface area (Å²) in [5.41, 5.74) is 0.746. The molecule has 0 atom stereocenters. The predicted molar refractivity (Wildman–Crippen MR) is 53.3 cm³/mol. The molecule has 1 N–H and O–H groups in total. The minimum atomic E-state index is -0.374. The van der Waals surface area contributed by atoms with Crippen LogP contribution in [0.5, 0.6) is 11.5 Å². The Bertz CT molecular complexity index is 356. The van der Waals surface area contributed by atoms with Crippen LogP contribution in [0.25, 0.3) is 0 Å². The molecule has 0 amide bonds. The molecule has 0 radical (unpaired) electrons. The molecule has 14 heavy (non-hydrogen) atoms. The van der Waals surface area contributed by atoms with Gasteiger partial charge in [-0.2, -0.15) is 0 Å². The van der Waals surface area contributed by atoms with Gasteiger partial charge in [0.25, 0.3) is 0 Å². The van der Waals surface area contributed by atoms with E-state index in [2.05, 4.69) is 6.58 Å². The summed E-state index contributed by atoms with van der Waals surface area (Å²) < 4.78 is 4.96. The number of benzene rings is 1. The van der Waals surface area contributed by atoms with Crippen molar-refractivity contribution in [2.24, 2.45) is 0 Å². The Morgan fingerprint density at radius 2 is 2.36 bits per heavy atom. The third-order valence-electron chi connectivity index (χ3n) is 1.66. The highest BCUT2D eigenvalue weighted by Crippen LogP contribution is 2.24. The van der Waals surface area contributed by atoms with E-state index in [-0.39, 0.29) is 11.7 Å². The van der Waals surface area contributed by atoms with Gasteiger partial charge in [-0.3, -0.25) is 4.79 Å². The lowest BCUT2D eigenvalue weighted by molar-refractivity contribution is -0.131. The van der Waals surface area contributed by atoms with Crippen LogP contribution in [0.2, 0.25) is 0 Å². The summed E-state index contributed by atoms with van der Waals surface area (Å²) in [5, 5.41) is 9.22. The second kappa shape index (κ2) is 4.46. The van der Waals surface area contributed by atoms with Crippen molar-refractivity contribution in [2.45, 2.75) is 13.3 Å². The number of aromatic hydroxyl groups is 1. The van der Waals surface area contributed by atoms with Crippen LogP contribution in [0.4, 0.5) is 0 Å². The van der Waals surface area contributed by atoms with Crippen LogP contribution < -0.4 is 4.74 Å². The standard InChI is InChI=1S/C11H12O3/c1-3-4-9-7-10(13)5-6-11(9)14-8(2)12/h3,5-7,13H,1,4H2,2H3. The molecule has 0 aromatic heterocycles. The van der Waals surface area contributed by atoms with Gasteiger partial charge in [-0.25, -0.2) is 0 Å². The van der Waals surface area contributed by atoms with Crippen LogP contribution in [0.3, 0.4) is 0 Å². The number of phenols is 1. The Labute approximate surface area is 82.6 Å². The fraction of sp³-hybridized carbons (Fsp3) is 0.182. The highest BCUT2D eigenvalue weighted by atomic mass is 16.5. The van der Waals surface area contributed by atoms with Gasteiger partial charge in [0.2, 0.25) is 0 Å². The van der Waals surface area contributed by atoms with Crippen LogP contribution in [0, 0.1) is 0 Å². The van der Waals surface area contributed by atoms with Gasteiger partial charge in [0.15, 0.2) is 0 Å². The van der Waals surface area contributed by atoms with Gasteiger partial charge in [0, 0.05) is 12.5 Å². The van der Waals surface area contributed by atoms with Crippen LogP contribution in [-0.2, 0) is 11.2 Å². The Kier molecular flexibility index (Phi) is 3.29. The van der Waals surface area contributed by atoms with Crippen LogP contribution in [-0.4, -0.2) is 11.1 Å². The normalized spacial score (nSPS) is 9.50. The maximum absolute atomic E-state index is 10.7. The van der Waals surface area contributed by atoms with Gasteiger partial charge < -0.3 is 9.84 Å². The highest BCUT2D eigenvalue weighted by molar-refractivity contribution is 5.70. The molecular formula is C11H12O3. The van der Waals surface area contributed by atoms with Gasteiger partial charge in [-0.1, -0.05) is 6.08 Å². The van der Waals surface area contributed by atoms with Gasteiger partial charge in [0.05, 0.1) is 0 Å². The number of esters is 1. The Hall–Kier alpha value is -1.77. The first-order valence-electron chi connectivity index (χ1n) is 4.24. The summed E-state index contributed by atoms with van der Waals surface area (Å²) in [6.45, 7) is 4.92. The molecular weight excluding hydrogens is 180 g/mol. The lowest BCUT2D eigenvalue weighted by Gasteiger charge is -2.07. The maximum Gasteiger partial charge on any atom is 0.308 e. The fourth-order valence-electron chi connectivity index (χ4n) is 1.14. The molecule has 74 valence electrons. The second-order valence-corrected chi connectivity index (χ2v) is 2.88. The molecule has 3 nitrogen and oxygen atoms in total. The van der Waals surface area contributed by atoms with Crippen LogP contribution in [0.1, 0.15) is 12.5 Å². The molecule has 0 saturated heterocycles. The summed E-state index contributed by atoms with van der Waals surface area (Å²) in [6, 6.07) is 4.60. The SMILES string of the molecule is C=CCc1cc(O)ccc1OC(C)=O. The molecule has 0 aliphatic carbocycles. The number of hydrogen-bond acceptors (Lipinski definition) is 3. The van der Waals surface area contributed by atoms with Crippen molar-refractivity contribution in [1.29, 1.82) is 0 Å². The Balaban J connectivity index is 3.01. The largest absolute Gasteiger partial charge is 0.508 e. The zero-order valence-electron chi connectivity index (χ0n) is 7.99. The first-order valence-corrected chi connectivity index (χ1v) is 4.24. The van der Waals surface area contributed by atoms with Crippen molar-refractivity contribution in [3.63, 3.8) is 0 Å². The van der Waals surface area contributed by atoms with Crippen molar-refractivity contribution in [2.75, 3.05) is 0 Å². The number of ether oxygens (including phenoxy) is 1. The summed E-state index contributed by atoms with van der Waals surface area (Å²) in [4.78, 5) is 10.7. The van der Waals surface area contributed by atoms with E-state index in [1.165, 1.54) is 13.0 Å². The molecule has 3 heteroatoms. The average molecular weight is 192 g/mol. The third-order valence-corrected chi connectivity index (χ3v) is 1.66. The molecule has 0 spiro atoms. The zero-order chi connectivity index (χ0) is 10.6. The van der Waals surface area contributed by atoms with Crippen LogP contribution >= 0.6 is 0 Å². The molecule has 0 fully saturated rings. The monoisotopic (exact) mass is 192 g/mol. The molecule has 0 bridgehead atoms. The van der Waals surface area contributed by atoms with Crippen molar-refractivity contribution >= 4 is 5.97 Å². The summed E-state index contributed by atoms with van der Waals surface area (Å²) >= 11 is 0. The van der Waals surface area contributed by atoms with E-state index in [1.807, 2.05) is 0 Å². The van der Waals surface area contributed by atoms with Gasteiger partial charge in [-0.15, -0.1) is 6.58 Å². The first-order chi connectivity index (χ1) is 6.63. The first kappa shape index (κ1) is 10.3. The second-order valence-electron chi connectivity index (χ2n) is 2.88. The van der Waals surface area contributed by atoms with E-state index in [0.29, 0.717) is 12.2 Å². The maximum atomic E-state index is 10.7. The Morgan fingerprint density at radius 3 is 2.93 bits per heavy atom. The summed E-state index contributed by atoms with van der Waals surface area (Å²) in [5.74, 6) is 0.244. The van der Waals surface area contributed by atoms with Crippen molar-refractivity contribution in [3.05, 3.63) is 36.4 Å². The zero-order valence-corrected chi connectivity index (χ0v) is 7.99. The topological polar surface area (TPSA) is 46.5 Å². The van der Waals surface area contributed by atoms with Crippen molar-refractivity contribution in [3.8, 4) is 11.5 Å². The molecule has 0 heterocycles. The molecule has 0 aliphatic heterocycles. The molecule has 1 aromatic rings. The molecule has 1 rings (SSSR count). The minimum absolute atomic E-state index is 0.151. The average Bonchev–Trinajstić information content (AvgIpc) is 2.09. The van der Waals surface area contributed by atoms with E-state index in [9.17, 15) is 9.90 Å². The van der Waals surface area contributed by atoms with E-state index in [1.54, 1.807) is 18.2 Å². The van der Waals surface area contributed by atoms with E-state index in [4.69, 9.17) is 4.74 Å². The number of phenolic OH excluding ortho intramolecular Hbond substituents is 1. The van der Waals surface area contributed by atoms with Crippen molar-refractivity contribution < 1.29 is 14.6 Å². The molecule has 0 aliphatic rings. The molecule has 1 aromatic carbocycles. The smallest absolute Gasteiger partial charge is 0.308 e. The lowest BCUT2D eigenvalue weighted by Crippen LogP contribution is -2.03. The Morgan fingerprint density at radius 1 is 1.64 bits per heavy atom. The minimum Gasteiger partial charge on any atom is -0.508 e. The summed E-state index contributed by atoms with van der Waals surface area (Å²) in [7, 11) is 0. The van der Waals surface area contributed by atoms with E-state index >= 15 is 0 Å². The van der Waals surface area contributed by atoms with Gasteiger partial charge in [0.1, 0.15) is 11.5 Å². The quantitative estimate of drug-likeness (QED) is 0.453. The fourth-order valence-corrected chi connectivity index (χ4v) is 1.14.